The topological polar surface area (TPSA) is 42.7 Å². The molecule has 0 fully saturated rings. The summed E-state index contributed by atoms with van der Waals surface area (Å²) in [4.78, 5) is 0. The van der Waals surface area contributed by atoms with Gasteiger partial charge >= 0.3 is 0 Å². The highest BCUT2D eigenvalue weighted by atomic mass is 15.3. The standard InChI is InChI=1S/C14H26N4/c1-9(2)13(10(3)4)15-11(5)14-17-16-12-7-6-8-18(12)14/h9-11,13,15H,6-8H2,1-5H3. The summed E-state index contributed by atoms with van der Waals surface area (Å²) < 4.78 is 2.29. The van der Waals surface area contributed by atoms with Crippen LogP contribution in [0.3, 0.4) is 0 Å². The third kappa shape index (κ3) is 2.58. The Morgan fingerprint density at radius 2 is 1.72 bits per heavy atom. The van der Waals surface area contributed by atoms with E-state index in [2.05, 4.69) is 54.7 Å². The number of hydrogen-bond acceptors (Lipinski definition) is 3. The maximum absolute atomic E-state index is 4.36. The van der Waals surface area contributed by atoms with Gasteiger partial charge in [-0.1, -0.05) is 27.7 Å². The fourth-order valence-electron chi connectivity index (χ4n) is 3.01. The second kappa shape index (κ2) is 5.39. The zero-order valence-corrected chi connectivity index (χ0v) is 12.3. The first-order valence-corrected chi connectivity index (χ1v) is 7.18. The molecule has 0 spiro atoms. The summed E-state index contributed by atoms with van der Waals surface area (Å²) in [6.45, 7) is 12.4. The molecule has 1 aliphatic rings. The van der Waals surface area contributed by atoms with E-state index in [-0.39, 0.29) is 6.04 Å². The molecular weight excluding hydrogens is 224 g/mol. The van der Waals surface area contributed by atoms with Gasteiger partial charge in [-0.25, -0.2) is 0 Å². The molecule has 1 aromatic rings. The lowest BCUT2D eigenvalue weighted by molar-refractivity contribution is 0.284. The van der Waals surface area contributed by atoms with E-state index < -0.39 is 0 Å². The van der Waals surface area contributed by atoms with Gasteiger partial charge in [0.15, 0.2) is 0 Å². The average molecular weight is 250 g/mol. The van der Waals surface area contributed by atoms with E-state index in [1.54, 1.807) is 0 Å². The van der Waals surface area contributed by atoms with Crippen LogP contribution in [-0.4, -0.2) is 20.8 Å². The van der Waals surface area contributed by atoms with Crippen molar-refractivity contribution < 1.29 is 0 Å². The number of aryl methyl sites for hydroxylation is 1. The summed E-state index contributed by atoms with van der Waals surface area (Å²) in [5.74, 6) is 3.53. The van der Waals surface area contributed by atoms with Crippen molar-refractivity contribution in [2.45, 2.75) is 66.1 Å². The quantitative estimate of drug-likeness (QED) is 0.873. The summed E-state index contributed by atoms with van der Waals surface area (Å²) in [7, 11) is 0. The van der Waals surface area contributed by atoms with Gasteiger partial charge in [-0.2, -0.15) is 0 Å². The van der Waals surface area contributed by atoms with E-state index in [0.717, 1.165) is 24.6 Å². The zero-order valence-electron chi connectivity index (χ0n) is 12.3. The summed E-state index contributed by atoms with van der Waals surface area (Å²) in [6, 6.07) is 0.800. The fraction of sp³-hybridized carbons (Fsp3) is 0.857. The Labute approximate surface area is 110 Å². The number of nitrogens with zero attached hydrogens (tertiary/aromatic N) is 3. The summed E-state index contributed by atoms with van der Waals surface area (Å²) in [6.07, 6.45) is 2.29. The van der Waals surface area contributed by atoms with Gasteiger partial charge < -0.3 is 9.88 Å². The first-order valence-electron chi connectivity index (χ1n) is 7.18. The minimum absolute atomic E-state index is 0.277. The number of rotatable bonds is 5. The molecule has 0 aliphatic carbocycles. The molecule has 1 aromatic heterocycles. The lowest BCUT2D eigenvalue weighted by Crippen LogP contribution is -2.40. The van der Waals surface area contributed by atoms with E-state index >= 15 is 0 Å². The normalized spacial score (nSPS) is 16.9. The van der Waals surface area contributed by atoms with Crippen LogP contribution >= 0.6 is 0 Å². The first kappa shape index (κ1) is 13.5. The van der Waals surface area contributed by atoms with Crippen LogP contribution in [0.2, 0.25) is 0 Å². The largest absolute Gasteiger partial charge is 0.314 e. The lowest BCUT2D eigenvalue weighted by Gasteiger charge is -2.29. The van der Waals surface area contributed by atoms with Gasteiger partial charge in [-0.3, -0.25) is 0 Å². The van der Waals surface area contributed by atoms with E-state index in [1.807, 2.05) is 0 Å². The third-order valence-electron chi connectivity index (χ3n) is 3.90. The molecule has 0 aromatic carbocycles. The van der Waals surface area contributed by atoms with Gasteiger partial charge in [0.05, 0.1) is 6.04 Å². The van der Waals surface area contributed by atoms with Gasteiger partial charge in [0, 0.05) is 19.0 Å². The lowest BCUT2D eigenvalue weighted by atomic mass is 9.92. The van der Waals surface area contributed by atoms with Crippen LogP contribution in [0.15, 0.2) is 0 Å². The van der Waals surface area contributed by atoms with Crippen LogP contribution in [0, 0.1) is 11.8 Å². The molecule has 0 saturated carbocycles. The second-order valence-electron chi connectivity index (χ2n) is 6.13. The van der Waals surface area contributed by atoms with Crippen LogP contribution in [0.4, 0.5) is 0 Å². The Morgan fingerprint density at radius 1 is 1.06 bits per heavy atom. The van der Waals surface area contributed by atoms with E-state index in [1.165, 1.54) is 6.42 Å². The van der Waals surface area contributed by atoms with Crippen LogP contribution in [0.25, 0.3) is 0 Å². The second-order valence-corrected chi connectivity index (χ2v) is 6.13. The summed E-state index contributed by atoms with van der Waals surface area (Å²) >= 11 is 0. The highest BCUT2D eigenvalue weighted by Gasteiger charge is 2.25. The molecule has 0 saturated heterocycles. The molecule has 102 valence electrons. The number of fused-ring (bicyclic) bond motifs is 1. The van der Waals surface area contributed by atoms with Crippen LogP contribution in [-0.2, 0) is 13.0 Å². The molecular formula is C14H26N4. The molecule has 4 nitrogen and oxygen atoms in total. The maximum Gasteiger partial charge on any atom is 0.149 e. The zero-order chi connectivity index (χ0) is 13.3. The Bertz CT molecular complexity index is 386. The van der Waals surface area contributed by atoms with Crippen molar-refractivity contribution in [3.63, 3.8) is 0 Å². The van der Waals surface area contributed by atoms with Gasteiger partial charge in [0.2, 0.25) is 0 Å². The van der Waals surface area contributed by atoms with Gasteiger partial charge in [0.1, 0.15) is 11.6 Å². The molecule has 1 aliphatic heterocycles. The minimum atomic E-state index is 0.277. The Morgan fingerprint density at radius 3 is 2.33 bits per heavy atom. The van der Waals surface area contributed by atoms with E-state index in [4.69, 9.17) is 0 Å². The maximum atomic E-state index is 4.36. The Balaban J connectivity index is 2.09. The van der Waals surface area contributed by atoms with Crippen molar-refractivity contribution in [1.82, 2.24) is 20.1 Å². The highest BCUT2D eigenvalue weighted by molar-refractivity contribution is 5.04. The van der Waals surface area contributed by atoms with Crippen LogP contribution < -0.4 is 5.32 Å². The SMILES string of the molecule is CC(NC(C(C)C)C(C)C)c1nnc2n1CCC2. The molecule has 2 heterocycles. The molecule has 1 atom stereocenters. The molecule has 0 radical (unpaired) electrons. The van der Waals surface area contributed by atoms with Gasteiger partial charge in [-0.15, -0.1) is 10.2 Å². The van der Waals surface area contributed by atoms with Crippen molar-refractivity contribution >= 4 is 0 Å². The molecule has 1 unspecified atom stereocenters. The van der Waals surface area contributed by atoms with Crippen molar-refractivity contribution in [3.05, 3.63) is 11.6 Å². The van der Waals surface area contributed by atoms with E-state index in [9.17, 15) is 0 Å². The molecule has 2 rings (SSSR count). The highest BCUT2D eigenvalue weighted by Crippen LogP contribution is 2.21. The Hall–Kier alpha value is -0.900. The summed E-state index contributed by atoms with van der Waals surface area (Å²) in [5.41, 5.74) is 0. The number of nitrogens with one attached hydrogen (secondary N) is 1. The fourth-order valence-corrected chi connectivity index (χ4v) is 3.01. The third-order valence-corrected chi connectivity index (χ3v) is 3.90. The van der Waals surface area contributed by atoms with Crippen LogP contribution in [0.5, 0.6) is 0 Å². The van der Waals surface area contributed by atoms with Crippen molar-refractivity contribution in [3.8, 4) is 0 Å². The number of hydrogen-bond donors (Lipinski definition) is 1. The average Bonchev–Trinajstić information content (AvgIpc) is 2.85. The molecule has 1 N–H and O–H groups in total. The predicted molar refractivity (Wildman–Crippen MR) is 73.4 cm³/mol. The molecule has 18 heavy (non-hydrogen) atoms. The van der Waals surface area contributed by atoms with Gasteiger partial charge in [0.25, 0.3) is 0 Å². The van der Waals surface area contributed by atoms with Gasteiger partial charge in [-0.05, 0) is 25.2 Å². The summed E-state index contributed by atoms with van der Waals surface area (Å²) in [5, 5.41) is 12.4. The molecule has 0 bridgehead atoms. The minimum Gasteiger partial charge on any atom is -0.314 e. The smallest absolute Gasteiger partial charge is 0.149 e. The van der Waals surface area contributed by atoms with Crippen LogP contribution in [0.1, 0.15) is 58.7 Å². The van der Waals surface area contributed by atoms with Crippen molar-refractivity contribution in [2.24, 2.45) is 11.8 Å². The molecule has 0 amide bonds. The first-order chi connectivity index (χ1) is 8.50. The van der Waals surface area contributed by atoms with Crippen molar-refractivity contribution in [1.29, 1.82) is 0 Å². The monoisotopic (exact) mass is 250 g/mol. The Kier molecular flexibility index (Phi) is 4.05. The van der Waals surface area contributed by atoms with E-state index in [0.29, 0.717) is 17.9 Å². The molecule has 4 heteroatoms. The van der Waals surface area contributed by atoms with Crippen molar-refractivity contribution in [2.75, 3.05) is 0 Å². The predicted octanol–water partition coefficient (Wildman–Crippen LogP) is 2.56. The number of aromatic nitrogens is 3.